The van der Waals surface area contributed by atoms with Crippen molar-refractivity contribution in [1.29, 1.82) is 0 Å². The van der Waals surface area contributed by atoms with Gasteiger partial charge in [-0.15, -0.1) is 0 Å². The number of carbonyl (C=O) groups excluding carboxylic acids is 1. The van der Waals surface area contributed by atoms with Gasteiger partial charge in [0.05, 0.1) is 7.11 Å². The van der Waals surface area contributed by atoms with Crippen LogP contribution in [-0.4, -0.2) is 13.1 Å². The number of benzene rings is 2. The fourth-order valence-corrected chi connectivity index (χ4v) is 2.11. The van der Waals surface area contributed by atoms with Gasteiger partial charge in [-0.05, 0) is 36.1 Å². The molecule has 0 unspecified atom stereocenters. The summed E-state index contributed by atoms with van der Waals surface area (Å²) in [7, 11) is 1.41. The van der Waals surface area contributed by atoms with Gasteiger partial charge >= 0.3 is 5.97 Å². The van der Waals surface area contributed by atoms with Crippen LogP contribution in [0.5, 0.6) is 5.75 Å². The number of carbonyl (C=O) groups is 1. The fourth-order valence-electron chi connectivity index (χ4n) is 2.11. The van der Waals surface area contributed by atoms with Gasteiger partial charge in [-0.2, -0.15) is 0 Å². The predicted molar refractivity (Wildman–Crippen MR) is 82.3 cm³/mol. The third-order valence-electron chi connectivity index (χ3n) is 3.32. The maximum absolute atomic E-state index is 11.1. The third-order valence-corrected chi connectivity index (χ3v) is 3.32. The minimum Gasteiger partial charge on any atom is -0.489 e. The van der Waals surface area contributed by atoms with E-state index < -0.39 is 0 Å². The minimum absolute atomic E-state index is 0.183. The molecule has 2 aromatic carbocycles. The Kier molecular flexibility index (Phi) is 5.38. The lowest BCUT2D eigenvalue weighted by molar-refractivity contribution is -0.140. The Bertz CT molecular complexity index is 591. The molecular weight excluding hydrogens is 264 g/mol. The lowest BCUT2D eigenvalue weighted by atomic mass is 10.1. The van der Waals surface area contributed by atoms with E-state index in [-0.39, 0.29) is 5.97 Å². The molecule has 0 heterocycles. The monoisotopic (exact) mass is 284 g/mol. The maximum Gasteiger partial charge on any atom is 0.305 e. The van der Waals surface area contributed by atoms with Crippen molar-refractivity contribution < 1.29 is 14.3 Å². The molecule has 0 N–H and O–H groups in total. The standard InChI is InChI=1S/C18H20O3/c1-14-12-15(9-11-18(19)20-2)8-10-17(14)21-13-16-6-4-3-5-7-16/h3-8,10,12H,9,11,13H2,1-2H3. The van der Waals surface area contributed by atoms with Gasteiger partial charge in [-0.1, -0.05) is 42.5 Å². The lowest BCUT2D eigenvalue weighted by Gasteiger charge is -2.10. The Hall–Kier alpha value is -2.29. The zero-order valence-corrected chi connectivity index (χ0v) is 12.5. The van der Waals surface area contributed by atoms with Gasteiger partial charge in [-0.3, -0.25) is 4.79 Å². The molecule has 0 aliphatic carbocycles. The van der Waals surface area contributed by atoms with E-state index in [1.165, 1.54) is 7.11 Å². The molecule has 0 atom stereocenters. The first-order valence-electron chi connectivity index (χ1n) is 7.02. The molecule has 21 heavy (non-hydrogen) atoms. The lowest BCUT2D eigenvalue weighted by Crippen LogP contribution is -2.02. The molecule has 110 valence electrons. The van der Waals surface area contributed by atoms with E-state index in [9.17, 15) is 4.79 Å². The topological polar surface area (TPSA) is 35.5 Å². The molecule has 0 aliphatic rings. The van der Waals surface area contributed by atoms with Gasteiger partial charge in [0.1, 0.15) is 12.4 Å². The van der Waals surface area contributed by atoms with Crippen molar-refractivity contribution in [2.45, 2.75) is 26.4 Å². The number of aryl methyl sites for hydroxylation is 2. The fraction of sp³-hybridized carbons (Fsp3) is 0.278. The summed E-state index contributed by atoms with van der Waals surface area (Å²) in [6.45, 7) is 2.57. The van der Waals surface area contributed by atoms with Crippen molar-refractivity contribution >= 4 is 5.97 Å². The minimum atomic E-state index is -0.183. The van der Waals surface area contributed by atoms with E-state index in [0.717, 1.165) is 22.4 Å². The van der Waals surface area contributed by atoms with Crippen LogP contribution in [0, 0.1) is 6.92 Å². The predicted octanol–water partition coefficient (Wildman–Crippen LogP) is 3.68. The molecule has 0 radical (unpaired) electrons. The largest absolute Gasteiger partial charge is 0.489 e. The summed E-state index contributed by atoms with van der Waals surface area (Å²) in [6.07, 6.45) is 1.09. The van der Waals surface area contributed by atoms with Gasteiger partial charge in [0, 0.05) is 6.42 Å². The highest BCUT2D eigenvalue weighted by Crippen LogP contribution is 2.21. The highest BCUT2D eigenvalue weighted by molar-refractivity contribution is 5.69. The highest BCUT2D eigenvalue weighted by atomic mass is 16.5. The van der Waals surface area contributed by atoms with E-state index in [1.54, 1.807) is 0 Å². The van der Waals surface area contributed by atoms with Crippen LogP contribution in [-0.2, 0) is 22.6 Å². The van der Waals surface area contributed by atoms with Crippen LogP contribution in [0.3, 0.4) is 0 Å². The molecule has 0 spiro atoms. The molecule has 0 amide bonds. The van der Waals surface area contributed by atoms with Crippen molar-refractivity contribution in [2.24, 2.45) is 0 Å². The van der Waals surface area contributed by atoms with Gasteiger partial charge in [-0.25, -0.2) is 0 Å². The number of hydrogen-bond donors (Lipinski definition) is 0. The SMILES string of the molecule is COC(=O)CCc1ccc(OCc2ccccc2)c(C)c1. The van der Waals surface area contributed by atoms with Crippen molar-refractivity contribution in [3.63, 3.8) is 0 Å². The molecule has 3 nitrogen and oxygen atoms in total. The van der Waals surface area contributed by atoms with E-state index in [0.29, 0.717) is 19.4 Å². The smallest absolute Gasteiger partial charge is 0.305 e. The molecule has 0 saturated heterocycles. The first-order valence-corrected chi connectivity index (χ1v) is 7.02. The summed E-state index contributed by atoms with van der Waals surface area (Å²) < 4.78 is 10.5. The Morgan fingerprint density at radius 1 is 1.05 bits per heavy atom. The van der Waals surface area contributed by atoms with Crippen LogP contribution in [0.15, 0.2) is 48.5 Å². The van der Waals surface area contributed by atoms with Crippen LogP contribution in [0.4, 0.5) is 0 Å². The second-order valence-electron chi connectivity index (χ2n) is 4.95. The molecule has 2 rings (SSSR count). The second-order valence-corrected chi connectivity index (χ2v) is 4.95. The number of hydrogen-bond acceptors (Lipinski definition) is 3. The number of methoxy groups -OCH3 is 1. The van der Waals surface area contributed by atoms with Gasteiger partial charge < -0.3 is 9.47 Å². The van der Waals surface area contributed by atoms with Crippen LogP contribution < -0.4 is 4.74 Å². The van der Waals surface area contributed by atoms with Crippen LogP contribution in [0.1, 0.15) is 23.1 Å². The van der Waals surface area contributed by atoms with Gasteiger partial charge in [0.25, 0.3) is 0 Å². The van der Waals surface area contributed by atoms with E-state index >= 15 is 0 Å². The number of ether oxygens (including phenoxy) is 2. The summed E-state index contributed by atoms with van der Waals surface area (Å²) in [5.41, 5.74) is 3.34. The average molecular weight is 284 g/mol. The molecule has 0 aliphatic heterocycles. The van der Waals surface area contributed by atoms with E-state index in [4.69, 9.17) is 4.74 Å². The van der Waals surface area contributed by atoms with Gasteiger partial charge in [0.2, 0.25) is 0 Å². The Labute approximate surface area is 125 Å². The molecular formula is C18H20O3. The van der Waals surface area contributed by atoms with Crippen LogP contribution in [0.2, 0.25) is 0 Å². The highest BCUT2D eigenvalue weighted by Gasteiger charge is 2.05. The second kappa shape index (κ2) is 7.48. The van der Waals surface area contributed by atoms with Crippen molar-refractivity contribution in [1.82, 2.24) is 0 Å². The van der Waals surface area contributed by atoms with E-state index in [1.807, 2.05) is 49.4 Å². The Morgan fingerprint density at radius 2 is 1.81 bits per heavy atom. The summed E-state index contributed by atoms with van der Waals surface area (Å²) in [6, 6.07) is 16.1. The van der Waals surface area contributed by atoms with Crippen LogP contribution >= 0.6 is 0 Å². The summed E-state index contributed by atoms with van der Waals surface area (Å²) in [4.78, 5) is 11.1. The van der Waals surface area contributed by atoms with Crippen molar-refractivity contribution in [3.8, 4) is 5.75 Å². The number of esters is 1. The average Bonchev–Trinajstić information content (AvgIpc) is 2.52. The third kappa shape index (κ3) is 4.63. The molecule has 3 heteroatoms. The summed E-state index contributed by atoms with van der Waals surface area (Å²) in [5, 5.41) is 0. The van der Waals surface area contributed by atoms with Crippen molar-refractivity contribution in [3.05, 3.63) is 65.2 Å². The quantitative estimate of drug-likeness (QED) is 0.759. The van der Waals surface area contributed by atoms with Crippen LogP contribution in [0.25, 0.3) is 0 Å². The van der Waals surface area contributed by atoms with E-state index in [2.05, 4.69) is 10.8 Å². The van der Waals surface area contributed by atoms with Crippen molar-refractivity contribution in [2.75, 3.05) is 7.11 Å². The molecule has 2 aromatic rings. The molecule has 0 fully saturated rings. The number of rotatable bonds is 6. The summed E-state index contributed by atoms with van der Waals surface area (Å²) >= 11 is 0. The van der Waals surface area contributed by atoms with Gasteiger partial charge in [0.15, 0.2) is 0 Å². The zero-order valence-electron chi connectivity index (χ0n) is 12.5. The normalized spacial score (nSPS) is 10.2. The first kappa shape index (κ1) is 15.1. The Morgan fingerprint density at radius 3 is 2.48 bits per heavy atom. The Balaban J connectivity index is 1.94. The molecule has 0 aromatic heterocycles. The summed E-state index contributed by atoms with van der Waals surface area (Å²) in [5.74, 6) is 0.692. The molecule has 0 bridgehead atoms. The first-order chi connectivity index (χ1) is 10.2. The zero-order chi connectivity index (χ0) is 15.1. The maximum atomic E-state index is 11.1. The molecule has 0 saturated carbocycles.